The number of carbonyl (C=O) groups is 1. The van der Waals surface area contributed by atoms with Crippen LogP contribution in [0, 0.1) is 0 Å². The smallest absolute Gasteiger partial charge is 0.261 e. The lowest BCUT2D eigenvalue weighted by Crippen LogP contribution is -2.15. The Kier molecular flexibility index (Phi) is 5.31. The van der Waals surface area contributed by atoms with E-state index in [0.717, 1.165) is 9.79 Å². The molecule has 0 bridgehead atoms. The van der Waals surface area contributed by atoms with E-state index >= 15 is 0 Å². The molecule has 1 amide bonds. The molecule has 0 unspecified atom stereocenters. The van der Waals surface area contributed by atoms with Crippen molar-refractivity contribution in [1.82, 2.24) is 0 Å². The average molecular weight is 395 g/mol. The van der Waals surface area contributed by atoms with Gasteiger partial charge in [-0.25, -0.2) is 8.42 Å². The number of nitrogens with one attached hydrogen (secondary N) is 2. The van der Waals surface area contributed by atoms with E-state index in [2.05, 4.69) is 10.0 Å². The number of hydrogen-bond donors (Lipinski definition) is 2. The monoisotopic (exact) mass is 394 g/mol. The maximum Gasteiger partial charge on any atom is 0.261 e. The molecule has 0 saturated carbocycles. The summed E-state index contributed by atoms with van der Waals surface area (Å²) in [6.07, 6.45) is 2.34. The Hall–Kier alpha value is -1.64. The summed E-state index contributed by atoms with van der Waals surface area (Å²) in [7, 11) is -3.73. The van der Waals surface area contributed by atoms with E-state index in [1.165, 1.54) is 6.07 Å². The van der Waals surface area contributed by atoms with Crippen LogP contribution in [0.25, 0.3) is 0 Å². The van der Waals surface area contributed by atoms with Gasteiger partial charge in [-0.05, 0) is 42.7 Å². The summed E-state index contributed by atoms with van der Waals surface area (Å²) in [5, 5.41) is 2.94. The fourth-order valence-electron chi connectivity index (χ4n) is 2.50. The maximum atomic E-state index is 12.7. The van der Waals surface area contributed by atoms with Crippen LogP contribution in [0.15, 0.2) is 57.2 Å². The average Bonchev–Trinajstić information content (AvgIpc) is 2.70. The second-order valence-corrected chi connectivity index (χ2v) is 9.72. The van der Waals surface area contributed by atoms with Crippen molar-refractivity contribution < 1.29 is 13.2 Å². The number of hydrogen-bond acceptors (Lipinski definition) is 5. The molecule has 25 heavy (non-hydrogen) atoms. The lowest BCUT2D eigenvalue weighted by atomic mass is 10.3. The topological polar surface area (TPSA) is 75.3 Å². The Morgan fingerprint density at radius 1 is 1.24 bits per heavy atom. The summed E-state index contributed by atoms with van der Waals surface area (Å²) in [5.41, 5.74) is 1.05. The standard InChI is InChI=1S/C17H18N2O3S3/c1-11-8-17(20)18-15-10-14(6-7-16(15)24-11)25(21,22)19-12-4-3-5-13(9-12)23-2/h3-7,9-11,19H,8H2,1-2H3,(H,18,20)/t11-/m1/s1. The summed E-state index contributed by atoms with van der Waals surface area (Å²) in [6, 6.07) is 12.0. The van der Waals surface area contributed by atoms with Crippen molar-refractivity contribution in [2.24, 2.45) is 0 Å². The van der Waals surface area contributed by atoms with E-state index in [0.29, 0.717) is 17.8 Å². The number of rotatable bonds is 4. The number of carbonyl (C=O) groups excluding carboxylic acids is 1. The van der Waals surface area contributed by atoms with Crippen molar-refractivity contribution >= 4 is 50.8 Å². The third-order valence-corrected chi connectivity index (χ3v) is 6.94. The van der Waals surface area contributed by atoms with Crippen LogP contribution in [0.4, 0.5) is 11.4 Å². The summed E-state index contributed by atoms with van der Waals surface area (Å²) < 4.78 is 28.0. The van der Waals surface area contributed by atoms with Crippen molar-refractivity contribution in [3.8, 4) is 0 Å². The SMILES string of the molecule is CSc1cccc(NS(=O)(=O)c2ccc3c(c2)NC(=O)C[C@@H](C)S3)c1. The van der Waals surface area contributed by atoms with Gasteiger partial charge in [-0.1, -0.05) is 13.0 Å². The summed E-state index contributed by atoms with van der Waals surface area (Å²) in [4.78, 5) is 13.9. The molecule has 1 atom stereocenters. The molecule has 0 aromatic heterocycles. The van der Waals surface area contributed by atoms with E-state index in [1.807, 2.05) is 19.2 Å². The van der Waals surface area contributed by atoms with Crippen LogP contribution in [0.2, 0.25) is 0 Å². The van der Waals surface area contributed by atoms with E-state index in [-0.39, 0.29) is 16.1 Å². The molecular weight excluding hydrogens is 376 g/mol. The van der Waals surface area contributed by atoms with Gasteiger partial charge >= 0.3 is 0 Å². The highest BCUT2D eigenvalue weighted by molar-refractivity contribution is 8.00. The first-order chi connectivity index (χ1) is 11.9. The Bertz CT molecular complexity index is 913. The quantitative estimate of drug-likeness (QED) is 0.766. The highest BCUT2D eigenvalue weighted by Crippen LogP contribution is 2.36. The fourth-order valence-corrected chi connectivity index (χ4v) is 5.08. The molecule has 132 valence electrons. The molecule has 2 N–H and O–H groups in total. The normalized spacial score (nSPS) is 17.4. The molecule has 1 aliphatic rings. The van der Waals surface area contributed by atoms with Crippen molar-refractivity contribution in [3.05, 3.63) is 42.5 Å². The zero-order chi connectivity index (χ0) is 18.0. The largest absolute Gasteiger partial charge is 0.325 e. The second kappa shape index (κ2) is 7.31. The van der Waals surface area contributed by atoms with Gasteiger partial charge in [-0.2, -0.15) is 0 Å². The van der Waals surface area contributed by atoms with E-state index in [4.69, 9.17) is 0 Å². The van der Waals surface area contributed by atoms with Crippen molar-refractivity contribution in [3.63, 3.8) is 0 Å². The molecule has 0 spiro atoms. The molecule has 0 fully saturated rings. The van der Waals surface area contributed by atoms with E-state index < -0.39 is 10.0 Å². The van der Waals surface area contributed by atoms with Crippen molar-refractivity contribution in [1.29, 1.82) is 0 Å². The summed E-state index contributed by atoms with van der Waals surface area (Å²) in [5.74, 6) is -0.103. The number of amides is 1. The molecule has 0 radical (unpaired) electrons. The molecule has 2 aromatic carbocycles. The van der Waals surface area contributed by atoms with Crippen LogP contribution >= 0.6 is 23.5 Å². The predicted molar refractivity (Wildman–Crippen MR) is 104 cm³/mol. The highest BCUT2D eigenvalue weighted by atomic mass is 32.2. The van der Waals surface area contributed by atoms with Crippen LogP contribution in [0.3, 0.4) is 0 Å². The molecular formula is C17H18N2O3S3. The minimum Gasteiger partial charge on any atom is -0.325 e. The Morgan fingerprint density at radius 2 is 2.04 bits per heavy atom. The van der Waals surface area contributed by atoms with Crippen LogP contribution in [-0.2, 0) is 14.8 Å². The van der Waals surface area contributed by atoms with Gasteiger partial charge in [-0.15, -0.1) is 23.5 Å². The van der Waals surface area contributed by atoms with Gasteiger partial charge < -0.3 is 5.32 Å². The Labute approximate surface area is 156 Å². The lowest BCUT2D eigenvalue weighted by Gasteiger charge is -2.12. The molecule has 0 saturated heterocycles. The van der Waals surface area contributed by atoms with E-state index in [9.17, 15) is 13.2 Å². The minimum atomic E-state index is -3.73. The van der Waals surface area contributed by atoms with Crippen LogP contribution < -0.4 is 10.0 Å². The third kappa shape index (κ3) is 4.31. The van der Waals surface area contributed by atoms with Gasteiger partial charge in [0, 0.05) is 27.1 Å². The highest BCUT2D eigenvalue weighted by Gasteiger charge is 2.22. The van der Waals surface area contributed by atoms with Gasteiger partial charge in [-0.3, -0.25) is 9.52 Å². The molecule has 8 heteroatoms. The second-order valence-electron chi connectivity index (χ2n) is 5.68. The van der Waals surface area contributed by atoms with Gasteiger partial charge in [0.25, 0.3) is 10.0 Å². The Morgan fingerprint density at radius 3 is 2.80 bits per heavy atom. The first-order valence-corrected chi connectivity index (χ1v) is 11.2. The van der Waals surface area contributed by atoms with Gasteiger partial charge in [0.2, 0.25) is 5.91 Å². The Balaban J connectivity index is 1.91. The van der Waals surface area contributed by atoms with E-state index in [1.54, 1.807) is 53.9 Å². The van der Waals surface area contributed by atoms with Crippen LogP contribution in [0.5, 0.6) is 0 Å². The molecule has 0 aliphatic carbocycles. The number of benzene rings is 2. The summed E-state index contributed by atoms with van der Waals surface area (Å²) in [6.45, 7) is 1.98. The van der Waals surface area contributed by atoms with Crippen LogP contribution in [-0.4, -0.2) is 25.8 Å². The molecule has 3 rings (SSSR count). The van der Waals surface area contributed by atoms with Gasteiger partial charge in [0.15, 0.2) is 0 Å². The number of fused-ring (bicyclic) bond motifs is 1. The zero-order valence-corrected chi connectivity index (χ0v) is 16.2. The van der Waals surface area contributed by atoms with Gasteiger partial charge in [0.1, 0.15) is 0 Å². The first kappa shape index (κ1) is 18.2. The zero-order valence-electron chi connectivity index (χ0n) is 13.8. The molecule has 1 aliphatic heterocycles. The number of sulfonamides is 1. The summed E-state index contributed by atoms with van der Waals surface area (Å²) >= 11 is 3.10. The van der Waals surface area contributed by atoms with Crippen LogP contribution in [0.1, 0.15) is 13.3 Å². The first-order valence-electron chi connectivity index (χ1n) is 7.65. The number of thioether (sulfide) groups is 2. The minimum absolute atomic E-state index is 0.103. The molecule has 2 aromatic rings. The third-order valence-electron chi connectivity index (χ3n) is 3.66. The maximum absolute atomic E-state index is 12.7. The predicted octanol–water partition coefficient (Wildman–Crippen LogP) is 4.03. The fraction of sp³-hybridized carbons (Fsp3) is 0.235. The molecule has 5 nitrogen and oxygen atoms in total. The molecule has 1 heterocycles. The van der Waals surface area contributed by atoms with Crippen molar-refractivity contribution in [2.75, 3.05) is 16.3 Å². The lowest BCUT2D eigenvalue weighted by molar-refractivity contribution is -0.116. The number of anilines is 2. The van der Waals surface area contributed by atoms with Gasteiger partial charge in [0.05, 0.1) is 10.6 Å². The van der Waals surface area contributed by atoms with Crippen molar-refractivity contribution in [2.45, 2.75) is 33.3 Å².